The van der Waals surface area contributed by atoms with E-state index in [0.717, 1.165) is 29.9 Å². The number of hydrogen-bond donors (Lipinski definition) is 0. The summed E-state index contributed by atoms with van der Waals surface area (Å²) in [6.45, 7) is 8.52. The second kappa shape index (κ2) is 9.42. The number of ether oxygens (including phenoxy) is 1. The number of nitrogens with zero attached hydrogens (tertiary/aromatic N) is 3. The predicted molar refractivity (Wildman–Crippen MR) is 113 cm³/mol. The van der Waals surface area contributed by atoms with Crippen LogP contribution in [0, 0.1) is 13.8 Å². The molecule has 0 amide bonds. The first-order valence-corrected chi connectivity index (χ1v) is 12.1. The molecule has 3 heterocycles. The SMILES string of the molecule is CCCn1c(C)cc(C(=O)CSc2ccc(S(=O)(=O)N3CCOCC3)cn2)c1C. The monoisotopic (exact) mass is 437 g/mol. The van der Waals surface area contributed by atoms with Crippen molar-refractivity contribution in [2.45, 2.75) is 43.7 Å². The summed E-state index contributed by atoms with van der Waals surface area (Å²) in [5.74, 6) is 0.316. The Morgan fingerprint density at radius 2 is 1.97 bits per heavy atom. The summed E-state index contributed by atoms with van der Waals surface area (Å²) < 4.78 is 34.1. The van der Waals surface area contributed by atoms with Gasteiger partial charge in [-0.3, -0.25) is 4.79 Å². The molecule has 0 aliphatic carbocycles. The van der Waals surface area contributed by atoms with Crippen molar-refractivity contribution in [3.05, 3.63) is 41.3 Å². The van der Waals surface area contributed by atoms with Crippen LogP contribution in [-0.2, 0) is 21.3 Å². The van der Waals surface area contributed by atoms with Crippen molar-refractivity contribution in [1.29, 1.82) is 0 Å². The van der Waals surface area contributed by atoms with Crippen LogP contribution < -0.4 is 0 Å². The fourth-order valence-corrected chi connectivity index (χ4v) is 5.49. The van der Waals surface area contributed by atoms with E-state index in [9.17, 15) is 13.2 Å². The van der Waals surface area contributed by atoms with Crippen LogP contribution in [0.5, 0.6) is 0 Å². The van der Waals surface area contributed by atoms with Crippen LogP contribution >= 0.6 is 11.8 Å². The van der Waals surface area contributed by atoms with Crippen LogP contribution in [0.4, 0.5) is 0 Å². The van der Waals surface area contributed by atoms with Gasteiger partial charge in [0, 0.05) is 42.8 Å². The zero-order valence-electron chi connectivity index (χ0n) is 17.1. The molecule has 158 valence electrons. The fourth-order valence-electron chi connectivity index (χ4n) is 3.41. The molecule has 0 N–H and O–H groups in total. The van der Waals surface area contributed by atoms with Gasteiger partial charge in [0.1, 0.15) is 4.90 Å². The summed E-state index contributed by atoms with van der Waals surface area (Å²) in [6.07, 6.45) is 2.38. The lowest BCUT2D eigenvalue weighted by Gasteiger charge is -2.25. The quantitative estimate of drug-likeness (QED) is 0.467. The Morgan fingerprint density at radius 3 is 2.59 bits per heavy atom. The molecule has 0 atom stereocenters. The number of Topliss-reactive ketones (excluding diaryl/α,β-unsaturated/α-hetero) is 1. The van der Waals surface area contributed by atoms with Gasteiger partial charge in [0.05, 0.1) is 24.0 Å². The Hall–Kier alpha value is -1.68. The largest absolute Gasteiger partial charge is 0.379 e. The van der Waals surface area contributed by atoms with Gasteiger partial charge in [-0.1, -0.05) is 18.7 Å². The van der Waals surface area contributed by atoms with E-state index in [0.29, 0.717) is 31.3 Å². The Balaban J connectivity index is 1.65. The predicted octanol–water partition coefficient (Wildman–Crippen LogP) is 2.91. The number of sulfonamides is 1. The average Bonchev–Trinajstić information content (AvgIpc) is 3.01. The summed E-state index contributed by atoms with van der Waals surface area (Å²) in [4.78, 5) is 17.1. The summed E-state index contributed by atoms with van der Waals surface area (Å²) in [5, 5.41) is 0.627. The van der Waals surface area contributed by atoms with Crippen LogP contribution in [0.25, 0.3) is 0 Å². The van der Waals surface area contributed by atoms with Crippen LogP contribution in [0.1, 0.15) is 35.1 Å². The van der Waals surface area contributed by atoms with Gasteiger partial charge in [0.25, 0.3) is 0 Å². The number of carbonyl (C=O) groups is 1. The zero-order valence-corrected chi connectivity index (χ0v) is 18.7. The smallest absolute Gasteiger partial charge is 0.244 e. The molecule has 1 aliphatic heterocycles. The lowest BCUT2D eigenvalue weighted by Crippen LogP contribution is -2.40. The number of ketones is 1. The summed E-state index contributed by atoms with van der Waals surface area (Å²) in [7, 11) is -3.55. The molecule has 3 rings (SSSR count). The van der Waals surface area contributed by atoms with Gasteiger partial charge in [-0.15, -0.1) is 0 Å². The highest BCUT2D eigenvalue weighted by atomic mass is 32.2. The number of aromatic nitrogens is 2. The third-order valence-corrected chi connectivity index (χ3v) is 7.82. The topological polar surface area (TPSA) is 81.5 Å². The highest BCUT2D eigenvalue weighted by Crippen LogP contribution is 2.23. The molecule has 2 aromatic rings. The Bertz CT molecular complexity index is 962. The molecule has 1 saturated heterocycles. The minimum Gasteiger partial charge on any atom is -0.379 e. The number of morpholine rings is 1. The van der Waals surface area contributed by atoms with Gasteiger partial charge in [-0.25, -0.2) is 13.4 Å². The minimum atomic E-state index is -3.55. The van der Waals surface area contributed by atoms with Gasteiger partial charge in [0.2, 0.25) is 10.0 Å². The van der Waals surface area contributed by atoms with Crippen LogP contribution in [0.15, 0.2) is 34.3 Å². The maximum Gasteiger partial charge on any atom is 0.244 e. The summed E-state index contributed by atoms with van der Waals surface area (Å²) in [5.41, 5.74) is 2.83. The second-order valence-electron chi connectivity index (χ2n) is 7.00. The number of aryl methyl sites for hydroxylation is 1. The van der Waals surface area contributed by atoms with Crippen LogP contribution in [0.2, 0.25) is 0 Å². The van der Waals surface area contributed by atoms with Gasteiger partial charge in [-0.05, 0) is 38.5 Å². The molecule has 29 heavy (non-hydrogen) atoms. The summed E-state index contributed by atoms with van der Waals surface area (Å²) >= 11 is 1.32. The first-order chi connectivity index (χ1) is 13.8. The van der Waals surface area contributed by atoms with E-state index in [1.807, 2.05) is 19.9 Å². The van der Waals surface area contributed by atoms with Gasteiger partial charge >= 0.3 is 0 Å². The van der Waals surface area contributed by atoms with E-state index in [1.165, 1.54) is 22.3 Å². The van der Waals surface area contributed by atoms with E-state index < -0.39 is 10.0 Å². The number of pyridine rings is 1. The Kier molecular flexibility index (Phi) is 7.15. The van der Waals surface area contributed by atoms with Gasteiger partial charge < -0.3 is 9.30 Å². The van der Waals surface area contributed by atoms with Crippen molar-refractivity contribution in [3.63, 3.8) is 0 Å². The van der Waals surface area contributed by atoms with Crippen molar-refractivity contribution in [2.75, 3.05) is 32.1 Å². The van der Waals surface area contributed by atoms with E-state index in [-0.39, 0.29) is 16.4 Å². The van der Waals surface area contributed by atoms with Crippen molar-refractivity contribution in [3.8, 4) is 0 Å². The molecule has 0 spiro atoms. The van der Waals surface area contributed by atoms with Crippen LogP contribution in [-0.4, -0.2) is 60.1 Å². The number of hydrogen-bond acceptors (Lipinski definition) is 6. The number of carbonyl (C=O) groups excluding carboxylic acids is 1. The molecule has 7 nitrogen and oxygen atoms in total. The first-order valence-electron chi connectivity index (χ1n) is 9.71. The molecule has 1 fully saturated rings. The van der Waals surface area contributed by atoms with Gasteiger partial charge in [0.15, 0.2) is 5.78 Å². The zero-order chi connectivity index (χ0) is 21.0. The third-order valence-electron chi connectivity index (χ3n) is 4.99. The molecule has 0 bridgehead atoms. The molecular formula is C20H27N3O4S2. The highest BCUT2D eigenvalue weighted by molar-refractivity contribution is 7.99. The van der Waals surface area contributed by atoms with Crippen molar-refractivity contribution < 1.29 is 17.9 Å². The van der Waals surface area contributed by atoms with Crippen molar-refractivity contribution in [2.24, 2.45) is 0 Å². The first kappa shape index (κ1) is 22.0. The molecule has 0 aromatic carbocycles. The third kappa shape index (κ3) is 4.91. The Morgan fingerprint density at radius 1 is 1.24 bits per heavy atom. The fraction of sp³-hybridized carbons (Fsp3) is 0.500. The van der Waals surface area contributed by atoms with Crippen LogP contribution in [0.3, 0.4) is 0 Å². The van der Waals surface area contributed by atoms with E-state index in [1.54, 1.807) is 12.1 Å². The molecule has 0 radical (unpaired) electrons. The van der Waals surface area contributed by atoms with Crippen molar-refractivity contribution >= 4 is 27.6 Å². The molecule has 2 aromatic heterocycles. The molecular weight excluding hydrogens is 410 g/mol. The number of thioether (sulfide) groups is 1. The lowest BCUT2D eigenvalue weighted by atomic mass is 10.2. The standard InChI is InChI=1S/C20H27N3O4S2/c1-4-7-23-15(2)12-18(16(23)3)19(24)14-28-20-6-5-17(13-21-20)29(25,26)22-8-10-27-11-9-22/h5-6,12-13H,4,7-11,14H2,1-3H3. The normalized spacial score (nSPS) is 15.6. The Labute approximate surface area is 176 Å². The summed E-state index contributed by atoms with van der Waals surface area (Å²) in [6, 6.07) is 5.16. The molecule has 1 aliphatic rings. The maximum absolute atomic E-state index is 12.7. The lowest BCUT2D eigenvalue weighted by molar-refractivity contribution is 0.0730. The maximum atomic E-state index is 12.7. The number of rotatable bonds is 8. The van der Waals surface area contributed by atoms with E-state index in [2.05, 4.69) is 16.5 Å². The van der Waals surface area contributed by atoms with E-state index >= 15 is 0 Å². The van der Waals surface area contributed by atoms with Crippen molar-refractivity contribution in [1.82, 2.24) is 13.9 Å². The molecule has 0 saturated carbocycles. The highest BCUT2D eigenvalue weighted by Gasteiger charge is 2.26. The average molecular weight is 438 g/mol. The minimum absolute atomic E-state index is 0.0530. The second-order valence-corrected chi connectivity index (χ2v) is 9.93. The molecule has 9 heteroatoms. The van der Waals surface area contributed by atoms with E-state index in [4.69, 9.17) is 4.74 Å². The molecule has 0 unspecified atom stereocenters. The van der Waals surface area contributed by atoms with Gasteiger partial charge in [-0.2, -0.15) is 4.31 Å².